The smallest absolute Gasteiger partial charge is 0.326 e. The molecule has 1 aromatic rings. The van der Waals surface area contributed by atoms with E-state index in [-0.39, 0.29) is 43.8 Å². The molecule has 2 fully saturated rings. The Kier molecular flexibility index (Phi) is 7.72. The number of carboxylic acids is 1. The van der Waals surface area contributed by atoms with Crippen molar-refractivity contribution < 1.29 is 33.7 Å². The Bertz CT molecular complexity index is 1080. The third-order valence-corrected chi connectivity index (χ3v) is 8.83. The van der Waals surface area contributed by atoms with Crippen LogP contribution in [-0.2, 0) is 31.0 Å². The summed E-state index contributed by atoms with van der Waals surface area (Å²) < 4.78 is 18.2. The highest BCUT2D eigenvalue weighted by Crippen LogP contribution is 2.64. The number of nitrogens with one attached hydrogen (secondary N) is 1. The third-order valence-electron chi connectivity index (χ3n) is 8.83. The van der Waals surface area contributed by atoms with Crippen LogP contribution in [0, 0.1) is 11.8 Å². The number of hydrogen-bond donors (Lipinski definition) is 2. The van der Waals surface area contributed by atoms with E-state index in [1.807, 2.05) is 6.07 Å². The maximum atomic E-state index is 12.8. The largest absolute Gasteiger partial charge is 0.493 e. The minimum atomic E-state index is -1.09. The number of methoxy groups -OCH3 is 1. The van der Waals surface area contributed by atoms with E-state index >= 15 is 0 Å². The lowest BCUT2D eigenvalue weighted by molar-refractivity contribution is -0.166. The van der Waals surface area contributed by atoms with Gasteiger partial charge in [-0.05, 0) is 62.7 Å². The Morgan fingerprint density at radius 2 is 2.00 bits per heavy atom. The summed E-state index contributed by atoms with van der Waals surface area (Å²) in [6, 6.07) is 3.57. The fraction of sp³-hybridized carbons (Fsp3) is 0.667. The number of likely N-dealkylation sites (N-methyl/N-ethyl adjacent to an activating group) is 1. The van der Waals surface area contributed by atoms with Crippen LogP contribution in [-0.4, -0.2) is 72.8 Å². The summed E-state index contributed by atoms with van der Waals surface area (Å²) in [5, 5.41) is 11.8. The third kappa shape index (κ3) is 4.46. The molecule has 2 aliphatic carbocycles. The quantitative estimate of drug-likeness (QED) is 0.489. The van der Waals surface area contributed by atoms with Gasteiger partial charge in [-0.15, -0.1) is 0 Å². The van der Waals surface area contributed by atoms with Crippen LogP contribution in [0.4, 0.5) is 0 Å². The molecule has 1 aromatic carbocycles. The van der Waals surface area contributed by atoms with E-state index in [4.69, 9.17) is 14.2 Å². The van der Waals surface area contributed by atoms with Crippen molar-refractivity contribution in [3.63, 3.8) is 0 Å². The van der Waals surface area contributed by atoms with Gasteiger partial charge in [0.15, 0.2) is 11.5 Å². The number of piperidine rings is 1. The molecule has 1 amide bonds. The van der Waals surface area contributed by atoms with E-state index < -0.39 is 30.0 Å². The molecule has 1 saturated heterocycles. The lowest BCUT2D eigenvalue weighted by atomic mass is 9.51. The number of nitrogens with zero attached hydrogens (tertiary/aromatic N) is 1. The zero-order chi connectivity index (χ0) is 25.8. The number of benzene rings is 1. The standard InChI is InChI=1S/C27H36N2O7.H2S/c1-14(2)23(26(32)33)28-20(30)9-10-21(31)35-19-8-6-16-17-13-15-5-7-18(34-4)24-22(15)27(16,25(19)36-24)11-12-29(17)3;/h5,7,14,16-17,19,23,25H,6,8-13H2,1-4H3,(H,28,30)(H,32,33);1H2/t16?,17-,19+,23?,25+,27+;/m1./s1. The van der Waals surface area contributed by atoms with Crippen LogP contribution < -0.4 is 14.8 Å². The van der Waals surface area contributed by atoms with Crippen molar-refractivity contribution in [2.75, 3.05) is 20.7 Å². The van der Waals surface area contributed by atoms with Gasteiger partial charge in [0, 0.05) is 23.4 Å². The molecule has 204 valence electrons. The maximum absolute atomic E-state index is 12.8. The molecule has 2 bridgehead atoms. The highest BCUT2D eigenvalue weighted by Gasteiger charge is 2.66. The molecule has 0 radical (unpaired) electrons. The monoisotopic (exact) mass is 534 g/mol. The Morgan fingerprint density at radius 3 is 2.68 bits per heavy atom. The highest BCUT2D eigenvalue weighted by atomic mass is 32.1. The van der Waals surface area contributed by atoms with Crippen LogP contribution in [0.3, 0.4) is 0 Å². The number of carbonyl (C=O) groups is 3. The van der Waals surface area contributed by atoms with Gasteiger partial charge in [-0.1, -0.05) is 19.9 Å². The van der Waals surface area contributed by atoms with E-state index in [2.05, 4.69) is 23.3 Å². The predicted molar refractivity (Wildman–Crippen MR) is 140 cm³/mol. The van der Waals surface area contributed by atoms with Crippen molar-refractivity contribution in [3.05, 3.63) is 23.3 Å². The van der Waals surface area contributed by atoms with Gasteiger partial charge < -0.3 is 29.5 Å². The number of amides is 1. The second-order valence-electron chi connectivity index (χ2n) is 11.1. The minimum absolute atomic E-state index is 0. The summed E-state index contributed by atoms with van der Waals surface area (Å²) in [4.78, 5) is 38.9. The van der Waals surface area contributed by atoms with Crippen molar-refractivity contribution in [1.29, 1.82) is 0 Å². The number of carboxylic acid groups (broad SMARTS) is 1. The first-order valence-electron chi connectivity index (χ1n) is 13.0. The number of rotatable bonds is 8. The van der Waals surface area contributed by atoms with Gasteiger partial charge >= 0.3 is 11.9 Å². The lowest BCUT2D eigenvalue weighted by Crippen LogP contribution is -2.66. The van der Waals surface area contributed by atoms with E-state index in [1.165, 1.54) is 11.1 Å². The number of likely N-dealkylation sites (tertiary alicyclic amines) is 1. The number of aliphatic carboxylic acids is 1. The van der Waals surface area contributed by atoms with E-state index in [9.17, 15) is 19.5 Å². The molecule has 2 unspecified atom stereocenters. The number of esters is 1. The molecule has 0 aromatic heterocycles. The summed E-state index contributed by atoms with van der Waals surface area (Å²) in [7, 11) is 3.85. The van der Waals surface area contributed by atoms with Crippen molar-refractivity contribution in [1.82, 2.24) is 10.2 Å². The molecule has 37 heavy (non-hydrogen) atoms. The minimum Gasteiger partial charge on any atom is -0.493 e. The Labute approximate surface area is 224 Å². The topological polar surface area (TPSA) is 114 Å². The fourth-order valence-corrected chi connectivity index (χ4v) is 7.16. The zero-order valence-electron chi connectivity index (χ0n) is 21.9. The molecule has 2 heterocycles. The molecule has 5 rings (SSSR count). The fourth-order valence-electron chi connectivity index (χ4n) is 7.16. The van der Waals surface area contributed by atoms with E-state index in [1.54, 1.807) is 21.0 Å². The van der Waals surface area contributed by atoms with Gasteiger partial charge in [-0.25, -0.2) is 4.79 Å². The zero-order valence-corrected chi connectivity index (χ0v) is 22.9. The van der Waals surface area contributed by atoms with E-state index in [0.29, 0.717) is 24.1 Å². The van der Waals surface area contributed by atoms with E-state index in [0.717, 1.165) is 31.6 Å². The van der Waals surface area contributed by atoms with Crippen LogP contribution >= 0.6 is 13.5 Å². The van der Waals surface area contributed by atoms with Crippen LogP contribution in [0.2, 0.25) is 0 Å². The molecule has 10 heteroatoms. The first-order chi connectivity index (χ1) is 17.2. The molecule has 9 nitrogen and oxygen atoms in total. The first kappa shape index (κ1) is 27.6. The summed E-state index contributed by atoms with van der Waals surface area (Å²) >= 11 is 0. The van der Waals surface area contributed by atoms with Crippen LogP contribution in [0.5, 0.6) is 11.5 Å². The number of ether oxygens (including phenoxy) is 3. The average Bonchev–Trinajstić information content (AvgIpc) is 3.19. The van der Waals surface area contributed by atoms with Crippen LogP contribution in [0.1, 0.15) is 57.1 Å². The Hall–Kier alpha value is -2.46. The summed E-state index contributed by atoms with van der Waals surface area (Å²) in [5.41, 5.74) is 2.33. The van der Waals surface area contributed by atoms with Crippen molar-refractivity contribution in [2.45, 2.75) is 82.1 Å². The second-order valence-corrected chi connectivity index (χ2v) is 11.1. The van der Waals surface area contributed by atoms with Crippen molar-refractivity contribution >= 4 is 31.3 Å². The Balaban J connectivity index is 0.00000320. The van der Waals surface area contributed by atoms with Crippen molar-refractivity contribution in [2.24, 2.45) is 11.8 Å². The molecular weight excluding hydrogens is 496 g/mol. The SMILES string of the molecule is COc1ccc2c3c1O[C@H]1[C@@H](OC(=O)CCC(=O)NC(C(=O)O)C(C)C)CCC4[C@@H](C2)N(C)CC[C@@]341.S. The molecule has 1 spiro atoms. The maximum Gasteiger partial charge on any atom is 0.326 e. The predicted octanol–water partition coefficient (Wildman–Crippen LogP) is 2.39. The second kappa shape index (κ2) is 10.4. The molecule has 2 aliphatic heterocycles. The normalized spacial score (nSPS) is 29.9. The Morgan fingerprint density at radius 1 is 1.24 bits per heavy atom. The number of carbonyl (C=O) groups excluding carboxylic acids is 2. The van der Waals surface area contributed by atoms with Gasteiger partial charge in [-0.3, -0.25) is 9.59 Å². The summed E-state index contributed by atoms with van der Waals surface area (Å²) in [5.74, 6) is -0.351. The van der Waals surface area contributed by atoms with Gasteiger partial charge in [0.1, 0.15) is 18.2 Å². The molecule has 1 saturated carbocycles. The van der Waals surface area contributed by atoms with Gasteiger partial charge in [0.25, 0.3) is 0 Å². The van der Waals surface area contributed by atoms with Gasteiger partial charge in [0.05, 0.1) is 13.5 Å². The summed E-state index contributed by atoms with van der Waals surface area (Å²) in [6.07, 6.45) is 2.65. The summed E-state index contributed by atoms with van der Waals surface area (Å²) in [6.45, 7) is 4.41. The van der Waals surface area contributed by atoms with Gasteiger partial charge in [-0.2, -0.15) is 13.5 Å². The molecule has 4 aliphatic rings. The molecule has 2 N–H and O–H groups in total. The average molecular weight is 535 g/mol. The van der Waals surface area contributed by atoms with Crippen LogP contribution in [0.15, 0.2) is 12.1 Å². The van der Waals surface area contributed by atoms with Crippen LogP contribution in [0.25, 0.3) is 0 Å². The van der Waals surface area contributed by atoms with Crippen molar-refractivity contribution in [3.8, 4) is 11.5 Å². The van der Waals surface area contributed by atoms with Gasteiger partial charge in [0.2, 0.25) is 5.91 Å². The first-order valence-corrected chi connectivity index (χ1v) is 13.0. The number of hydrogen-bond acceptors (Lipinski definition) is 7. The lowest BCUT2D eigenvalue weighted by Gasteiger charge is -2.58. The molecular formula is C27H38N2O7S. The molecule has 6 atom stereocenters. The highest BCUT2D eigenvalue weighted by molar-refractivity contribution is 7.59.